The van der Waals surface area contributed by atoms with Crippen LogP contribution in [-0.2, 0) is 57.2 Å². The molecule has 0 aromatic carbocycles. The molecule has 4 rings (SSSR count). The molecule has 0 radical (unpaired) electrons. The minimum absolute atomic E-state index is 0.00416. The maximum atomic E-state index is 14.6. The Balaban J connectivity index is 1.71. The summed E-state index contributed by atoms with van der Waals surface area (Å²) in [5.74, 6) is -10.4. The molecule has 0 aromatic rings. The zero-order valence-corrected chi connectivity index (χ0v) is 43.9. The zero-order chi connectivity index (χ0) is 56.0. The lowest BCUT2D eigenvalue weighted by Crippen LogP contribution is -2.60. The molecule has 1 aliphatic carbocycles. The lowest BCUT2D eigenvalue weighted by molar-refractivity contribution is -0.265. The summed E-state index contributed by atoms with van der Waals surface area (Å²) in [5.41, 5.74) is -1.45. The number of cyclic esters (lactones) is 1. The molecule has 4 N–H and O–H groups in total. The third-order valence-corrected chi connectivity index (χ3v) is 15.4. The molecule has 4 aliphatic rings. The first-order valence-electron chi connectivity index (χ1n) is 27.3. The topological polar surface area (TPSA) is 242 Å². The number of methoxy groups -OCH3 is 3. The number of allylic oxidation sites excluding steroid dienone is 6. The minimum atomic E-state index is -2.89. The van der Waals surface area contributed by atoms with E-state index in [0.29, 0.717) is 38.5 Å². The molecule has 1 amide bonds. The highest BCUT2D eigenvalue weighted by Crippen LogP contribution is 2.38. The van der Waals surface area contributed by atoms with Crippen LogP contribution in [0.2, 0.25) is 0 Å². The normalized spacial score (nSPS) is 36.1. The molecule has 1 unspecified atom stereocenters. The van der Waals surface area contributed by atoms with Crippen molar-refractivity contribution in [2.24, 2.45) is 40.9 Å². The minimum Gasteiger partial charge on any atom is -0.460 e. The van der Waals surface area contributed by atoms with Gasteiger partial charge in [0.1, 0.15) is 29.8 Å². The van der Waals surface area contributed by atoms with Crippen LogP contribution in [0.4, 0.5) is 0 Å². The summed E-state index contributed by atoms with van der Waals surface area (Å²) in [4.78, 5) is 85.4. The number of amides is 1. The van der Waals surface area contributed by atoms with Gasteiger partial charge in [-0.1, -0.05) is 77.2 Å². The Hall–Kier alpha value is -3.94. The van der Waals surface area contributed by atoms with Gasteiger partial charge in [0.05, 0.1) is 41.7 Å². The van der Waals surface area contributed by atoms with Crippen molar-refractivity contribution < 1.29 is 81.7 Å². The zero-order valence-electron chi connectivity index (χ0n) is 46.9. The SMILES string of the molecule is [3H]C([3H])([3H])O[C@@H]1C[C@H](C[C@@H](C)[C@@H]2CC(=O)C(C)=CC(C)[C@@H](O)[C@@H](OC)C(=O)[C@H](C)C[C@H](C)C=CC=CC=C[C@@H](OC)C[C@@H]3CC[C@@H](C)[C@@](O)(O3)C(=O)C(=O)N3CCCC[C@H]3C(=O)O2)CC[C@H]1OC(=O)C(C)(CO)CO. The smallest absolute Gasteiger partial charge is 0.329 e. The number of nitrogens with zero attached hydrogens (tertiary/aromatic N) is 1. The first-order chi connectivity index (χ1) is 35.2. The molecule has 17 nitrogen and oxygen atoms in total. The van der Waals surface area contributed by atoms with Crippen LogP contribution in [0.5, 0.6) is 0 Å². The van der Waals surface area contributed by atoms with Gasteiger partial charge in [0.25, 0.3) is 11.7 Å². The molecular formula is C55H85NO16. The second kappa shape index (κ2) is 28.1. The fourth-order valence-corrected chi connectivity index (χ4v) is 10.3. The standard InChI is InChI=1S/C55H85NO16/c1-33-17-13-11-12-14-18-40(67-8)29-41-22-20-38(6)55(66,72-41)50(62)51(63)56-24-16-15-19-42(56)52(64)70-45(30-43(59)34(2)26-37(5)48(61)49(69-10)47(60)36(4)25-33)35(3)27-39-21-23-44(46(28-39)68-9)71-53(65)54(7,31-57)32-58/h11-14,17-18,26,33,35-42,44-46,48-49,57-58,61,66H,15-16,19-25,27-32H2,1-10H3/t33-,35-,36-,37?,38-,39+,40-,41+,42+,44-,45+,46-,48-,49+,55-/m1/s1/i9T3. The van der Waals surface area contributed by atoms with Gasteiger partial charge in [-0.2, -0.15) is 0 Å². The lowest BCUT2D eigenvalue weighted by atomic mass is 9.78. The van der Waals surface area contributed by atoms with Crippen LogP contribution in [0.1, 0.15) is 130 Å². The van der Waals surface area contributed by atoms with E-state index in [0.717, 1.165) is 4.90 Å². The number of rotatable bonds is 10. The number of carbonyl (C=O) groups excluding carboxylic acids is 6. The van der Waals surface area contributed by atoms with Gasteiger partial charge in [0.15, 0.2) is 11.6 Å². The molecule has 406 valence electrons. The Morgan fingerprint density at radius 3 is 2.25 bits per heavy atom. The summed E-state index contributed by atoms with van der Waals surface area (Å²) < 4.78 is 58.3. The number of hydrogen-bond acceptors (Lipinski definition) is 16. The van der Waals surface area contributed by atoms with Gasteiger partial charge in [0, 0.05) is 58.4 Å². The molecule has 0 spiro atoms. The molecule has 15 atom stereocenters. The number of aliphatic hydroxyl groups is 4. The van der Waals surface area contributed by atoms with Gasteiger partial charge in [-0.15, -0.1) is 0 Å². The molecule has 3 heterocycles. The number of ether oxygens (including phenoxy) is 6. The predicted molar refractivity (Wildman–Crippen MR) is 267 cm³/mol. The van der Waals surface area contributed by atoms with Gasteiger partial charge >= 0.3 is 11.9 Å². The lowest BCUT2D eigenvalue weighted by Gasteiger charge is -2.42. The van der Waals surface area contributed by atoms with E-state index in [-0.39, 0.29) is 68.3 Å². The number of aliphatic hydroxyl groups excluding tert-OH is 3. The quantitative estimate of drug-likeness (QED) is 0.160. The Kier molecular flexibility index (Phi) is 21.8. The van der Waals surface area contributed by atoms with Gasteiger partial charge in [-0.05, 0) is 101 Å². The number of fused-ring (bicyclic) bond motifs is 3. The van der Waals surface area contributed by atoms with E-state index >= 15 is 0 Å². The summed E-state index contributed by atoms with van der Waals surface area (Å²) >= 11 is 0. The fraction of sp³-hybridized carbons (Fsp3) is 0.745. The van der Waals surface area contributed by atoms with Crippen LogP contribution in [0.15, 0.2) is 48.1 Å². The van der Waals surface area contributed by atoms with E-state index in [4.69, 9.17) is 32.5 Å². The molecule has 2 bridgehead atoms. The molecule has 0 aromatic heterocycles. The highest BCUT2D eigenvalue weighted by atomic mass is 16.6. The summed E-state index contributed by atoms with van der Waals surface area (Å²) in [6, 6.07) is -1.27. The highest BCUT2D eigenvalue weighted by Gasteiger charge is 2.53. The van der Waals surface area contributed by atoms with Gasteiger partial charge in [-0.3, -0.25) is 24.0 Å². The maximum absolute atomic E-state index is 14.6. The van der Waals surface area contributed by atoms with E-state index < -0.39 is 133 Å². The summed E-state index contributed by atoms with van der Waals surface area (Å²) in [7, 11) is -0.0220. The number of carbonyl (C=O) groups is 6. The van der Waals surface area contributed by atoms with Crippen LogP contribution in [0.3, 0.4) is 0 Å². The Labute approximate surface area is 430 Å². The van der Waals surface area contributed by atoms with Crippen molar-refractivity contribution >= 4 is 35.2 Å². The molecule has 3 fully saturated rings. The van der Waals surface area contributed by atoms with Crippen molar-refractivity contribution in [3.63, 3.8) is 0 Å². The molecule has 2 saturated heterocycles. The fourth-order valence-electron chi connectivity index (χ4n) is 10.3. The second-order valence-electron chi connectivity index (χ2n) is 21.3. The van der Waals surface area contributed by atoms with E-state index in [2.05, 4.69) is 0 Å². The van der Waals surface area contributed by atoms with Crippen LogP contribution in [0, 0.1) is 40.9 Å². The first kappa shape index (κ1) is 55.8. The van der Waals surface area contributed by atoms with Crippen molar-refractivity contribution in [3.8, 4) is 0 Å². The average molecular weight is 1020 g/mol. The van der Waals surface area contributed by atoms with E-state index in [9.17, 15) is 49.2 Å². The molecule has 72 heavy (non-hydrogen) atoms. The van der Waals surface area contributed by atoms with Crippen LogP contribution in [-0.4, -0.2) is 156 Å². The van der Waals surface area contributed by atoms with Crippen LogP contribution >= 0.6 is 0 Å². The third kappa shape index (κ3) is 15.8. The number of hydrogen-bond donors (Lipinski definition) is 4. The summed E-state index contributed by atoms with van der Waals surface area (Å²) in [6.07, 6.45) is 8.68. The van der Waals surface area contributed by atoms with Gasteiger partial charge < -0.3 is 53.7 Å². The van der Waals surface area contributed by atoms with Crippen molar-refractivity contribution in [2.75, 3.05) is 41.0 Å². The van der Waals surface area contributed by atoms with Gasteiger partial charge in [-0.25, -0.2) is 4.79 Å². The van der Waals surface area contributed by atoms with E-state index in [1.165, 1.54) is 27.2 Å². The Morgan fingerprint density at radius 1 is 0.903 bits per heavy atom. The van der Waals surface area contributed by atoms with Crippen molar-refractivity contribution in [1.29, 1.82) is 0 Å². The Morgan fingerprint density at radius 2 is 1.60 bits per heavy atom. The summed E-state index contributed by atoms with van der Waals surface area (Å²) in [6.45, 7) is 10.2. The van der Waals surface area contributed by atoms with Crippen LogP contribution < -0.4 is 0 Å². The molecule has 1 saturated carbocycles. The number of Topliss-reactive ketones (excluding diaryl/α,β-unsaturated/α-hetero) is 3. The second-order valence-corrected chi connectivity index (χ2v) is 21.3. The van der Waals surface area contributed by atoms with Gasteiger partial charge in [0.2, 0.25) is 5.79 Å². The molecule has 17 heteroatoms. The maximum Gasteiger partial charge on any atom is 0.329 e. The number of ketones is 3. The van der Waals surface area contributed by atoms with Crippen LogP contribution in [0.25, 0.3) is 0 Å². The Bertz CT molecular complexity index is 2070. The van der Waals surface area contributed by atoms with Crippen molar-refractivity contribution in [3.05, 3.63) is 48.1 Å². The van der Waals surface area contributed by atoms with Crippen molar-refractivity contribution in [1.82, 2.24) is 4.90 Å². The van der Waals surface area contributed by atoms with Crippen molar-refractivity contribution in [2.45, 2.75) is 180 Å². The monoisotopic (exact) mass is 1020 g/mol. The summed E-state index contributed by atoms with van der Waals surface area (Å²) in [5, 5.41) is 43.1. The number of esters is 2. The first-order valence-corrected chi connectivity index (χ1v) is 25.8. The highest BCUT2D eigenvalue weighted by molar-refractivity contribution is 6.39. The largest absolute Gasteiger partial charge is 0.460 e. The third-order valence-electron chi connectivity index (χ3n) is 15.4. The average Bonchev–Trinajstić information content (AvgIpc) is 3.36. The predicted octanol–water partition coefficient (Wildman–Crippen LogP) is 5.33. The number of piperidine rings is 1. The van der Waals surface area contributed by atoms with E-state index in [1.54, 1.807) is 40.7 Å². The molecular weight excluding hydrogens is 931 g/mol. The molecule has 3 aliphatic heterocycles. The van der Waals surface area contributed by atoms with E-state index in [1.807, 2.05) is 37.3 Å².